The number of hydrogen-bond donors (Lipinski definition) is 1. The summed E-state index contributed by atoms with van der Waals surface area (Å²) in [6, 6.07) is 4.26. The zero-order valence-corrected chi connectivity index (χ0v) is 8.87. The van der Waals surface area contributed by atoms with Crippen molar-refractivity contribution in [1.82, 2.24) is 9.55 Å². The van der Waals surface area contributed by atoms with Gasteiger partial charge in [-0.15, -0.1) is 11.3 Å². The Labute approximate surface area is 87.2 Å². The van der Waals surface area contributed by atoms with Crippen molar-refractivity contribution in [2.75, 3.05) is 0 Å². The van der Waals surface area contributed by atoms with E-state index in [1.165, 1.54) is 4.88 Å². The molecule has 2 heterocycles. The van der Waals surface area contributed by atoms with Gasteiger partial charge in [0.1, 0.15) is 5.82 Å². The molecule has 14 heavy (non-hydrogen) atoms. The average Bonchev–Trinajstić information content (AvgIpc) is 2.70. The lowest BCUT2D eigenvalue weighted by molar-refractivity contribution is 0.594. The molecule has 0 unspecified atom stereocenters. The van der Waals surface area contributed by atoms with Crippen LogP contribution in [0.2, 0.25) is 0 Å². The molecule has 3 nitrogen and oxygen atoms in total. The Kier molecular flexibility index (Phi) is 2.65. The number of nitrogens with zero attached hydrogens (tertiary/aromatic N) is 2. The first-order chi connectivity index (χ1) is 6.77. The minimum Gasteiger partial charge on any atom is -0.329 e. The maximum Gasteiger partial charge on any atom is 0.150 e. The third kappa shape index (κ3) is 1.86. The van der Waals surface area contributed by atoms with Crippen molar-refractivity contribution in [3.05, 3.63) is 29.9 Å². The van der Waals surface area contributed by atoms with E-state index in [4.69, 9.17) is 5.73 Å². The van der Waals surface area contributed by atoms with Crippen LogP contribution in [-0.2, 0) is 6.54 Å². The fourth-order valence-corrected chi connectivity index (χ4v) is 2.13. The number of rotatable bonds is 3. The van der Waals surface area contributed by atoms with Gasteiger partial charge >= 0.3 is 0 Å². The predicted octanol–water partition coefficient (Wildman–Crippen LogP) is 1.96. The lowest BCUT2D eigenvalue weighted by Gasteiger charge is -2.08. The molecule has 1 atom stereocenters. The molecule has 2 N–H and O–H groups in total. The highest BCUT2D eigenvalue weighted by Gasteiger charge is 2.07. The normalized spacial score (nSPS) is 13.0. The monoisotopic (exact) mass is 207 g/mol. The highest BCUT2D eigenvalue weighted by atomic mass is 32.1. The number of thiophene rings is 1. The maximum atomic E-state index is 5.76. The van der Waals surface area contributed by atoms with Gasteiger partial charge in [-0.25, -0.2) is 4.98 Å². The molecule has 0 aliphatic carbocycles. The van der Waals surface area contributed by atoms with E-state index >= 15 is 0 Å². The Morgan fingerprint density at radius 2 is 2.50 bits per heavy atom. The maximum absolute atomic E-state index is 5.76. The smallest absolute Gasteiger partial charge is 0.150 e. The Morgan fingerprint density at radius 3 is 3.14 bits per heavy atom. The summed E-state index contributed by atoms with van der Waals surface area (Å²) >= 11 is 1.70. The SMILES string of the molecule is C[C@@H](N)Cn1ccnc1-c1cccs1. The molecule has 0 saturated carbocycles. The fourth-order valence-electron chi connectivity index (χ4n) is 1.40. The second-order valence-corrected chi connectivity index (χ2v) is 4.31. The van der Waals surface area contributed by atoms with Crippen molar-refractivity contribution in [1.29, 1.82) is 0 Å². The van der Waals surface area contributed by atoms with E-state index in [2.05, 4.69) is 21.0 Å². The van der Waals surface area contributed by atoms with Crippen LogP contribution in [0.1, 0.15) is 6.92 Å². The van der Waals surface area contributed by atoms with Gasteiger partial charge in [0, 0.05) is 25.0 Å². The quantitative estimate of drug-likeness (QED) is 0.836. The van der Waals surface area contributed by atoms with Gasteiger partial charge in [-0.1, -0.05) is 6.07 Å². The zero-order chi connectivity index (χ0) is 9.97. The first-order valence-electron chi connectivity index (χ1n) is 4.58. The van der Waals surface area contributed by atoms with Crippen molar-refractivity contribution in [3.8, 4) is 10.7 Å². The Hall–Kier alpha value is -1.13. The van der Waals surface area contributed by atoms with Gasteiger partial charge in [0.15, 0.2) is 0 Å². The van der Waals surface area contributed by atoms with Crippen LogP contribution in [0.25, 0.3) is 10.7 Å². The van der Waals surface area contributed by atoms with Gasteiger partial charge in [0.2, 0.25) is 0 Å². The Bertz CT molecular complexity index is 389. The average molecular weight is 207 g/mol. The highest BCUT2D eigenvalue weighted by molar-refractivity contribution is 7.13. The summed E-state index contributed by atoms with van der Waals surface area (Å²) in [6.07, 6.45) is 3.79. The molecule has 0 fully saturated rings. The minimum absolute atomic E-state index is 0.155. The minimum atomic E-state index is 0.155. The lowest BCUT2D eigenvalue weighted by atomic mass is 10.3. The molecule has 0 aromatic carbocycles. The van der Waals surface area contributed by atoms with Gasteiger partial charge in [-0.3, -0.25) is 0 Å². The van der Waals surface area contributed by atoms with Gasteiger partial charge in [0.05, 0.1) is 4.88 Å². The Morgan fingerprint density at radius 1 is 1.64 bits per heavy atom. The summed E-state index contributed by atoms with van der Waals surface area (Å²) in [6.45, 7) is 2.81. The van der Waals surface area contributed by atoms with Gasteiger partial charge in [-0.2, -0.15) is 0 Å². The molecular formula is C10H13N3S. The van der Waals surface area contributed by atoms with E-state index in [0.29, 0.717) is 0 Å². The fraction of sp³-hybridized carbons (Fsp3) is 0.300. The molecule has 0 amide bonds. The van der Waals surface area contributed by atoms with Crippen LogP contribution in [0.5, 0.6) is 0 Å². The first-order valence-corrected chi connectivity index (χ1v) is 5.46. The second kappa shape index (κ2) is 3.94. The van der Waals surface area contributed by atoms with Crippen LogP contribution in [-0.4, -0.2) is 15.6 Å². The summed E-state index contributed by atoms with van der Waals surface area (Å²) in [4.78, 5) is 5.52. The van der Waals surface area contributed by atoms with Crippen LogP contribution in [0.3, 0.4) is 0 Å². The highest BCUT2D eigenvalue weighted by Crippen LogP contribution is 2.22. The van der Waals surface area contributed by atoms with Crippen molar-refractivity contribution >= 4 is 11.3 Å². The van der Waals surface area contributed by atoms with E-state index in [-0.39, 0.29) is 6.04 Å². The van der Waals surface area contributed by atoms with Crippen LogP contribution < -0.4 is 5.73 Å². The van der Waals surface area contributed by atoms with Crippen LogP contribution in [0.15, 0.2) is 29.9 Å². The molecule has 2 aromatic heterocycles. The van der Waals surface area contributed by atoms with Crippen LogP contribution in [0.4, 0.5) is 0 Å². The second-order valence-electron chi connectivity index (χ2n) is 3.36. The molecule has 2 rings (SSSR count). The first kappa shape index (κ1) is 9.43. The van der Waals surface area contributed by atoms with E-state index in [1.807, 2.05) is 25.4 Å². The standard InChI is InChI=1S/C10H13N3S/c1-8(11)7-13-5-4-12-10(13)9-3-2-6-14-9/h2-6,8H,7,11H2,1H3/t8-/m1/s1. The molecular weight excluding hydrogens is 194 g/mol. The molecule has 0 aliphatic rings. The van der Waals surface area contributed by atoms with E-state index in [1.54, 1.807) is 11.3 Å². The summed E-state index contributed by atoms with van der Waals surface area (Å²) in [5.41, 5.74) is 5.76. The molecule has 2 aromatic rings. The third-order valence-corrected chi connectivity index (χ3v) is 2.81. The Balaban J connectivity index is 2.30. The molecule has 0 saturated heterocycles. The summed E-state index contributed by atoms with van der Waals surface area (Å²) in [5, 5.41) is 2.06. The molecule has 0 bridgehead atoms. The zero-order valence-electron chi connectivity index (χ0n) is 8.05. The number of nitrogens with two attached hydrogens (primary N) is 1. The lowest BCUT2D eigenvalue weighted by Crippen LogP contribution is -2.22. The van der Waals surface area contributed by atoms with Crippen molar-refractivity contribution in [2.24, 2.45) is 5.73 Å². The number of hydrogen-bond acceptors (Lipinski definition) is 3. The van der Waals surface area contributed by atoms with Crippen molar-refractivity contribution in [2.45, 2.75) is 19.5 Å². The molecule has 74 valence electrons. The van der Waals surface area contributed by atoms with Crippen LogP contribution >= 0.6 is 11.3 Å². The summed E-state index contributed by atoms with van der Waals surface area (Å²) < 4.78 is 2.09. The largest absolute Gasteiger partial charge is 0.329 e. The van der Waals surface area contributed by atoms with Gasteiger partial charge in [0.25, 0.3) is 0 Å². The predicted molar refractivity (Wildman–Crippen MR) is 59.2 cm³/mol. The summed E-state index contributed by atoms with van der Waals surface area (Å²) in [5.74, 6) is 1.01. The molecule has 4 heteroatoms. The van der Waals surface area contributed by atoms with Gasteiger partial charge in [-0.05, 0) is 18.4 Å². The van der Waals surface area contributed by atoms with Gasteiger partial charge < -0.3 is 10.3 Å². The molecule has 0 radical (unpaired) electrons. The van der Waals surface area contributed by atoms with Crippen molar-refractivity contribution in [3.63, 3.8) is 0 Å². The van der Waals surface area contributed by atoms with E-state index < -0.39 is 0 Å². The number of aromatic nitrogens is 2. The van der Waals surface area contributed by atoms with E-state index in [0.717, 1.165) is 12.4 Å². The summed E-state index contributed by atoms with van der Waals surface area (Å²) in [7, 11) is 0. The number of imidazole rings is 1. The molecule has 0 spiro atoms. The third-order valence-electron chi connectivity index (χ3n) is 1.94. The van der Waals surface area contributed by atoms with Crippen molar-refractivity contribution < 1.29 is 0 Å². The molecule has 0 aliphatic heterocycles. The topological polar surface area (TPSA) is 43.8 Å². The van der Waals surface area contributed by atoms with Crippen LogP contribution in [0, 0.1) is 0 Å². The van der Waals surface area contributed by atoms with E-state index in [9.17, 15) is 0 Å².